The van der Waals surface area contributed by atoms with Gasteiger partial charge in [-0.15, -0.1) is 13.2 Å². The maximum atomic E-state index is 11.4. The molecule has 0 aromatic heterocycles. The summed E-state index contributed by atoms with van der Waals surface area (Å²) in [5.74, 6) is 0. The van der Waals surface area contributed by atoms with Crippen LogP contribution in [0, 0.1) is 0 Å². The molecule has 0 radical (unpaired) electrons. The van der Waals surface area contributed by atoms with Gasteiger partial charge in [0.25, 0.3) is 0 Å². The summed E-state index contributed by atoms with van der Waals surface area (Å²) in [4.78, 5) is 0. The predicted molar refractivity (Wildman–Crippen MR) is 42.2 cm³/mol. The molecule has 0 amide bonds. The van der Waals surface area contributed by atoms with Gasteiger partial charge in [-0.25, -0.2) is 0 Å². The van der Waals surface area contributed by atoms with Crippen LogP contribution in [-0.4, -0.2) is 24.2 Å². The average Bonchev–Trinajstić information content (AvgIpc) is 1.93. The van der Waals surface area contributed by atoms with Crippen LogP contribution in [0.3, 0.4) is 0 Å². The second-order valence-corrected chi connectivity index (χ2v) is 2.99. The third kappa shape index (κ3) is 11.7. The van der Waals surface area contributed by atoms with Gasteiger partial charge in [0.05, 0.1) is 12.7 Å². The minimum atomic E-state index is -4.51. The molecule has 2 nitrogen and oxygen atoms in total. The smallest absolute Gasteiger partial charge is 0.393 e. The molecule has 0 aromatic rings. The second-order valence-electron chi connectivity index (χ2n) is 2.99. The van der Waals surface area contributed by atoms with Crippen molar-refractivity contribution in [1.29, 1.82) is 0 Å². The van der Waals surface area contributed by atoms with Crippen molar-refractivity contribution in [2.45, 2.75) is 45.1 Å². The van der Waals surface area contributed by atoms with Crippen molar-refractivity contribution in [2.75, 3.05) is 6.61 Å². The first-order valence-electron chi connectivity index (χ1n) is 4.30. The highest BCUT2D eigenvalue weighted by molar-refractivity contribution is 4.48. The molecule has 0 spiro atoms. The topological polar surface area (TPSA) is 29.5 Å². The van der Waals surface area contributed by atoms with Crippen molar-refractivity contribution in [1.82, 2.24) is 0 Å². The van der Waals surface area contributed by atoms with Crippen LogP contribution < -0.4 is 0 Å². The van der Waals surface area contributed by atoms with E-state index in [1.807, 2.05) is 0 Å². The Hall–Kier alpha value is -0.290. The number of hydrogen-bond acceptors (Lipinski definition) is 2. The molecule has 5 heteroatoms. The summed E-state index contributed by atoms with van der Waals surface area (Å²) in [7, 11) is 0. The van der Waals surface area contributed by atoms with Gasteiger partial charge >= 0.3 is 6.36 Å². The van der Waals surface area contributed by atoms with Gasteiger partial charge in [0, 0.05) is 0 Å². The van der Waals surface area contributed by atoms with Crippen molar-refractivity contribution < 1.29 is 23.0 Å². The Kier molecular flexibility index (Phi) is 6.07. The van der Waals surface area contributed by atoms with Crippen molar-refractivity contribution in [3.05, 3.63) is 0 Å². The molecule has 0 heterocycles. The molecule has 0 aliphatic carbocycles. The maximum Gasteiger partial charge on any atom is 0.522 e. The molecule has 0 aliphatic rings. The lowest BCUT2D eigenvalue weighted by atomic mass is 10.1. The monoisotopic (exact) mass is 200 g/mol. The quantitative estimate of drug-likeness (QED) is 0.667. The highest BCUT2D eigenvalue weighted by atomic mass is 19.4. The highest BCUT2D eigenvalue weighted by Gasteiger charge is 2.28. The summed E-state index contributed by atoms with van der Waals surface area (Å²) in [5.41, 5.74) is 0. The molecule has 1 N–H and O–H groups in total. The molecular formula is C8H15F3O2. The molecule has 1 atom stereocenters. The second kappa shape index (κ2) is 6.21. The third-order valence-electron chi connectivity index (χ3n) is 1.53. The molecule has 80 valence electrons. The zero-order valence-corrected chi connectivity index (χ0v) is 7.60. The molecular weight excluding hydrogens is 185 g/mol. The van der Waals surface area contributed by atoms with Crippen LogP contribution in [0.5, 0.6) is 0 Å². The molecule has 0 aliphatic heterocycles. The van der Waals surface area contributed by atoms with E-state index in [4.69, 9.17) is 5.11 Å². The van der Waals surface area contributed by atoms with Gasteiger partial charge < -0.3 is 5.11 Å². The minimum absolute atomic E-state index is 0.288. The standard InChI is InChI=1S/C8H15F3O2/c1-7(12)5-3-2-4-6-13-8(9,10)11/h7,12H,2-6H2,1H3. The summed E-state index contributed by atoms with van der Waals surface area (Å²) < 4.78 is 37.9. The predicted octanol–water partition coefficient (Wildman–Crippen LogP) is 2.46. The number of alkyl halides is 3. The zero-order valence-electron chi connectivity index (χ0n) is 7.60. The molecule has 0 saturated carbocycles. The Bertz CT molecular complexity index is 123. The van der Waals surface area contributed by atoms with Crippen molar-refractivity contribution >= 4 is 0 Å². The van der Waals surface area contributed by atoms with E-state index in [0.717, 1.165) is 6.42 Å². The summed E-state index contributed by atoms with van der Waals surface area (Å²) in [6.45, 7) is 1.37. The lowest BCUT2D eigenvalue weighted by Gasteiger charge is -2.07. The Morgan fingerprint density at radius 2 is 1.85 bits per heavy atom. The Labute approximate surface area is 75.7 Å². The molecule has 13 heavy (non-hydrogen) atoms. The lowest BCUT2D eigenvalue weighted by Crippen LogP contribution is -2.14. The number of aliphatic hydroxyl groups excluding tert-OH is 1. The summed E-state index contributed by atoms with van der Waals surface area (Å²) >= 11 is 0. The van der Waals surface area contributed by atoms with Crippen LogP contribution in [0.25, 0.3) is 0 Å². The van der Waals surface area contributed by atoms with E-state index in [1.165, 1.54) is 0 Å². The molecule has 0 fully saturated rings. The Morgan fingerprint density at radius 3 is 2.31 bits per heavy atom. The number of aliphatic hydroxyl groups is 1. The normalized spacial score (nSPS) is 14.5. The fourth-order valence-corrected chi connectivity index (χ4v) is 0.906. The van der Waals surface area contributed by atoms with E-state index < -0.39 is 6.36 Å². The number of ether oxygens (including phenoxy) is 1. The Balaban J connectivity index is 3.09. The van der Waals surface area contributed by atoms with Crippen LogP contribution in [0.1, 0.15) is 32.6 Å². The number of halogens is 3. The molecule has 0 aromatic carbocycles. The van der Waals surface area contributed by atoms with E-state index in [2.05, 4.69) is 4.74 Å². The van der Waals surface area contributed by atoms with Crippen LogP contribution in [0.15, 0.2) is 0 Å². The fraction of sp³-hybridized carbons (Fsp3) is 1.00. The molecule has 0 bridgehead atoms. The molecule has 0 rings (SSSR count). The van der Waals surface area contributed by atoms with Gasteiger partial charge in [-0.2, -0.15) is 0 Å². The van der Waals surface area contributed by atoms with Crippen molar-refractivity contribution in [3.8, 4) is 0 Å². The third-order valence-corrected chi connectivity index (χ3v) is 1.53. The van der Waals surface area contributed by atoms with Crippen molar-refractivity contribution in [3.63, 3.8) is 0 Å². The van der Waals surface area contributed by atoms with E-state index in [1.54, 1.807) is 6.92 Å². The van der Waals surface area contributed by atoms with E-state index >= 15 is 0 Å². The van der Waals surface area contributed by atoms with Crippen molar-refractivity contribution in [2.24, 2.45) is 0 Å². The van der Waals surface area contributed by atoms with Crippen LogP contribution >= 0.6 is 0 Å². The minimum Gasteiger partial charge on any atom is -0.393 e. The molecule has 1 unspecified atom stereocenters. The fourth-order valence-electron chi connectivity index (χ4n) is 0.906. The van der Waals surface area contributed by atoms with Gasteiger partial charge in [-0.1, -0.05) is 12.8 Å². The van der Waals surface area contributed by atoms with Gasteiger partial charge in [-0.05, 0) is 19.8 Å². The van der Waals surface area contributed by atoms with Gasteiger partial charge in [0.1, 0.15) is 0 Å². The van der Waals surface area contributed by atoms with E-state index in [9.17, 15) is 13.2 Å². The van der Waals surface area contributed by atoms with Crippen LogP contribution in [0.4, 0.5) is 13.2 Å². The SMILES string of the molecule is CC(O)CCCCCOC(F)(F)F. The largest absolute Gasteiger partial charge is 0.522 e. The Morgan fingerprint density at radius 1 is 1.23 bits per heavy atom. The van der Waals surface area contributed by atoms with Gasteiger partial charge in [0.15, 0.2) is 0 Å². The first-order chi connectivity index (χ1) is 5.92. The number of unbranched alkanes of at least 4 members (excludes halogenated alkanes) is 2. The average molecular weight is 200 g/mol. The van der Waals surface area contributed by atoms with E-state index in [0.29, 0.717) is 19.3 Å². The van der Waals surface area contributed by atoms with E-state index in [-0.39, 0.29) is 12.7 Å². The van der Waals surface area contributed by atoms with Crippen LogP contribution in [-0.2, 0) is 4.74 Å². The molecule has 0 saturated heterocycles. The summed E-state index contributed by atoms with van der Waals surface area (Å²) in [5, 5.41) is 8.83. The van der Waals surface area contributed by atoms with Gasteiger partial charge in [0.2, 0.25) is 0 Å². The lowest BCUT2D eigenvalue weighted by molar-refractivity contribution is -0.324. The summed E-state index contributed by atoms with van der Waals surface area (Å²) in [6.07, 6.45) is -2.48. The zero-order chi connectivity index (χ0) is 10.3. The number of hydrogen-bond donors (Lipinski definition) is 1. The highest BCUT2D eigenvalue weighted by Crippen LogP contribution is 2.16. The maximum absolute atomic E-state index is 11.4. The van der Waals surface area contributed by atoms with Gasteiger partial charge in [-0.3, -0.25) is 4.74 Å². The van der Waals surface area contributed by atoms with Crippen LogP contribution in [0.2, 0.25) is 0 Å². The summed E-state index contributed by atoms with van der Waals surface area (Å²) in [6, 6.07) is 0. The first kappa shape index (κ1) is 12.7. The first-order valence-corrected chi connectivity index (χ1v) is 4.30. The number of rotatable bonds is 6.